The highest BCUT2D eigenvalue weighted by Crippen LogP contribution is 2.29. The van der Waals surface area contributed by atoms with Gasteiger partial charge in [0.25, 0.3) is 0 Å². The molecule has 1 aliphatic rings. The molecular weight excluding hydrogens is 267 g/mol. The Morgan fingerprint density at radius 2 is 1.86 bits per heavy atom. The second-order valence-electron chi connectivity index (χ2n) is 5.55. The van der Waals surface area contributed by atoms with Gasteiger partial charge in [0, 0.05) is 0 Å². The van der Waals surface area contributed by atoms with Crippen LogP contribution in [0.5, 0.6) is 5.75 Å². The molecule has 3 N–H and O–H groups in total. The van der Waals surface area contributed by atoms with Crippen LogP contribution in [0.3, 0.4) is 0 Å². The van der Waals surface area contributed by atoms with E-state index in [1.165, 1.54) is 12.1 Å². The maximum Gasteiger partial charge on any atom is 0.123 e. The number of rotatable bonds is 5. The van der Waals surface area contributed by atoms with Crippen molar-refractivity contribution in [2.24, 2.45) is 5.84 Å². The molecule has 1 fully saturated rings. The molecule has 0 amide bonds. The molecule has 21 heavy (non-hydrogen) atoms. The second kappa shape index (κ2) is 5.84. The Morgan fingerprint density at radius 3 is 2.43 bits per heavy atom. The highest BCUT2D eigenvalue weighted by Gasteiger charge is 2.23. The monoisotopic (exact) mass is 286 g/mol. The molecule has 1 saturated carbocycles. The van der Waals surface area contributed by atoms with E-state index in [2.05, 4.69) is 5.43 Å². The molecule has 0 heterocycles. The summed E-state index contributed by atoms with van der Waals surface area (Å²) < 4.78 is 19.3. The SMILES string of the molecule is Cc1cc(F)cc(C(NN)c2ccc(OC3CC3)cc2)c1. The van der Waals surface area contributed by atoms with Gasteiger partial charge in [0.2, 0.25) is 0 Å². The first-order valence-corrected chi connectivity index (χ1v) is 7.15. The number of benzene rings is 2. The van der Waals surface area contributed by atoms with E-state index in [1.54, 1.807) is 0 Å². The lowest BCUT2D eigenvalue weighted by atomic mass is 9.97. The largest absolute Gasteiger partial charge is 0.490 e. The Bertz CT molecular complexity index is 603. The summed E-state index contributed by atoms with van der Waals surface area (Å²) in [5.41, 5.74) is 5.42. The van der Waals surface area contributed by atoms with Gasteiger partial charge in [0.05, 0.1) is 12.1 Å². The first kappa shape index (κ1) is 14.0. The number of aryl methyl sites for hydroxylation is 1. The quantitative estimate of drug-likeness (QED) is 0.655. The second-order valence-corrected chi connectivity index (χ2v) is 5.55. The molecule has 0 saturated heterocycles. The summed E-state index contributed by atoms with van der Waals surface area (Å²) in [5.74, 6) is 6.28. The zero-order chi connectivity index (χ0) is 14.8. The highest BCUT2D eigenvalue weighted by molar-refractivity contribution is 5.37. The van der Waals surface area contributed by atoms with E-state index in [0.29, 0.717) is 6.10 Å². The molecule has 1 aliphatic carbocycles. The van der Waals surface area contributed by atoms with E-state index >= 15 is 0 Å². The van der Waals surface area contributed by atoms with Crippen LogP contribution in [0.25, 0.3) is 0 Å². The molecule has 1 unspecified atom stereocenters. The van der Waals surface area contributed by atoms with Crippen molar-refractivity contribution in [3.05, 3.63) is 65.0 Å². The minimum Gasteiger partial charge on any atom is -0.490 e. The average Bonchev–Trinajstić information content (AvgIpc) is 3.24. The molecule has 2 aromatic rings. The van der Waals surface area contributed by atoms with E-state index in [1.807, 2.05) is 37.3 Å². The van der Waals surface area contributed by atoms with Gasteiger partial charge in [-0.25, -0.2) is 9.82 Å². The van der Waals surface area contributed by atoms with Crippen LogP contribution < -0.4 is 16.0 Å². The molecule has 0 radical (unpaired) electrons. The molecule has 110 valence electrons. The standard InChI is InChI=1S/C17H19FN2O/c1-11-8-13(10-14(18)9-11)17(20-19)12-2-4-15(5-3-12)21-16-6-7-16/h2-5,8-10,16-17,20H,6-7,19H2,1H3. The van der Waals surface area contributed by atoms with Gasteiger partial charge in [-0.05, 0) is 60.7 Å². The Labute approximate surface area is 123 Å². The van der Waals surface area contributed by atoms with E-state index in [9.17, 15) is 4.39 Å². The van der Waals surface area contributed by atoms with Crippen LogP contribution in [0.1, 0.15) is 35.6 Å². The van der Waals surface area contributed by atoms with Crippen molar-refractivity contribution in [1.82, 2.24) is 5.43 Å². The molecule has 1 atom stereocenters. The summed E-state index contributed by atoms with van der Waals surface area (Å²) in [5, 5.41) is 0. The number of ether oxygens (including phenoxy) is 1. The smallest absolute Gasteiger partial charge is 0.123 e. The molecule has 0 spiro atoms. The Hall–Kier alpha value is -1.91. The van der Waals surface area contributed by atoms with Gasteiger partial charge in [-0.1, -0.05) is 18.2 Å². The van der Waals surface area contributed by atoms with E-state index in [0.717, 1.165) is 35.3 Å². The number of halogens is 1. The number of hydrazine groups is 1. The first-order valence-electron chi connectivity index (χ1n) is 7.15. The van der Waals surface area contributed by atoms with E-state index < -0.39 is 0 Å². The van der Waals surface area contributed by atoms with Crippen molar-refractivity contribution in [3.63, 3.8) is 0 Å². The molecule has 4 heteroatoms. The third-order valence-corrected chi connectivity index (χ3v) is 3.61. The zero-order valence-corrected chi connectivity index (χ0v) is 12.0. The lowest BCUT2D eigenvalue weighted by molar-refractivity contribution is 0.303. The molecular formula is C17H19FN2O. The number of nitrogens with two attached hydrogens (primary N) is 1. The highest BCUT2D eigenvalue weighted by atomic mass is 19.1. The summed E-state index contributed by atoms with van der Waals surface area (Å²) >= 11 is 0. The molecule has 2 aromatic carbocycles. The fourth-order valence-corrected chi connectivity index (χ4v) is 2.43. The summed E-state index contributed by atoms with van der Waals surface area (Å²) in [4.78, 5) is 0. The van der Waals surface area contributed by atoms with Gasteiger partial charge in [0.1, 0.15) is 11.6 Å². The van der Waals surface area contributed by atoms with Crippen molar-refractivity contribution in [2.45, 2.75) is 31.9 Å². The van der Waals surface area contributed by atoms with Crippen LogP contribution >= 0.6 is 0 Å². The van der Waals surface area contributed by atoms with Gasteiger partial charge in [-0.2, -0.15) is 0 Å². The Morgan fingerprint density at radius 1 is 1.14 bits per heavy atom. The van der Waals surface area contributed by atoms with E-state index in [-0.39, 0.29) is 11.9 Å². The summed E-state index contributed by atoms with van der Waals surface area (Å²) in [7, 11) is 0. The van der Waals surface area contributed by atoms with Crippen LogP contribution in [0.4, 0.5) is 4.39 Å². The normalized spacial score (nSPS) is 15.8. The van der Waals surface area contributed by atoms with Crippen LogP contribution in [0.15, 0.2) is 42.5 Å². The molecule has 0 aromatic heterocycles. The third-order valence-electron chi connectivity index (χ3n) is 3.61. The summed E-state index contributed by atoms with van der Waals surface area (Å²) in [6.45, 7) is 1.87. The fraction of sp³-hybridized carbons (Fsp3) is 0.294. The third kappa shape index (κ3) is 3.40. The molecule has 3 nitrogen and oxygen atoms in total. The lowest BCUT2D eigenvalue weighted by Crippen LogP contribution is -2.29. The fourth-order valence-electron chi connectivity index (χ4n) is 2.43. The summed E-state index contributed by atoms with van der Waals surface area (Å²) in [6, 6.07) is 12.5. The van der Waals surface area contributed by atoms with Crippen molar-refractivity contribution >= 4 is 0 Å². The van der Waals surface area contributed by atoms with Gasteiger partial charge in [-0.3, -0.25) is 5.84 Å². The van der Waals surface area contributed by atoms with E-state index in [4.69, 9.17) is 10.6 Å². The van der Waals surface area contributed by atoms with Crippen molar-refractivity contribution in [2.75, 3.05) is 0 Å². The minimum atomic E-state index is -0.251. The van der Waals surface area contributed by atoms with Crippen LogP contribution in [-0.4, -0.2) is 6.10 Å². The zero-order valence-electron chi connectivity index (χ0n) is 12.0. The van der Waals surface area contributed by atoms with Crippen molar-refractivity contribution < 1.29 is 9.13 Å². The number of hydrogen-bond donors (Lipinski definition) is 2. The predicted molar refractivity (Wildman–Crippen MR) is 80.4 cm³/mol. The van der Waals surface area contributed by atoms with Crippen LogP contribution in [0.2, 0.25) is 0 Å². The number of hydrogen-bond acceptors (Lipinski definition) is 3. The van der Waals surface area contributed by atoms with Crippen LogP contribution in [0, 0.1) is 12.7 Å². The topological polar surface area (TPSA) is 47.3 Å². The maximum atomic E-state index is 13.6. The van der Waals surface area contributed by atoms with Gasteiger partial charge in [0.15, 0.2) is 0 Å². The molecule has 0 bridgehead atoms. The van der Waals surface area contributed by atoms with Crippen molar-refractivity contribution in [3.8, 4) is 5.75 Å². The van der Waals surface area contributed by atoms with Gasteiger partial charge in [-0.15, -0.1) is 0 Å². The minimum absolute atomic E-state index is 0.241. The average molecular weight is 286 g/mol. The lowest BCUT2D eigenvalue weighted by Gasteiger charge is -2.18. The molecule has 0 aliphatic heterocycles. The maximum absolute atomic E-state index is 13.6. The first-order chi connectivity index (χ1) is 10.2. The Balaban J connectivity index is 1.84. The van der Waals surface area contributed by atoms with Gasteiger partial charge >= 0.3 is 0 Å². The van der Waals surface area contributed by atoms with Crippen LogP contribution in [-0.2, 0) is 0 Å². The van der Waals surface area contributed by atoms with Gasteiger partial charge < -0.3 is 4.74 Å². The predicted octanol–water partition coefficient (Wildman–Crippen LogP) is 3.23. The number of nitrogens with one attached hydrogen (secondary N) is 1. The molecule has 3 rings (SSSR count). The van der Waals surface area contributed by atoms with Crippen molar-refractivity contribution in [1.29, 1.82) is 0 Å². The Kier molecular flexibility index (Phi) is 3.90. The summed E-state index contributed by atoms with van der Waals surface area (Å²) in [6.07, 6.45) is 2.65.